The van der Waals surface area contributed by atoms with E-state index in [1.54, 1.807) is 12.1 Å². The Morgan fingerprint density at radius 1 is 1.08 bits per heavy atom. The molecule has 6 heteroatoms. The third-order valence-electron chi connectivity index (χ3n) is 3.66. The van der Waals surface area contributed by atoms with Crippen LogP contribution in [0.3, 0.4) is 0 Å². The smallest absolute Gasteiger partial charge is 0.251 e. The predicted molar refractivity (Wildman–Crippen MR) is 94.0 cm³/mol. The van der Waals surface area contributed by atoms with E-state index in [1.807, 2.05) is 19.1 Å². The monoisotopic (exact) mass is 344 g/mol. The number of carbonyl (C=O) groups is 2. The van der Waals surface area contributed by atoms with Crippen LogP contribution in [0.25, 0.3) is 0 Å². The Balaban J connectivity index is 2.06. The van der Waals surface area contributed by atoms with Crippen LogP contribution in [0.15, 0.2) is 48.5 Å². The third kappa shape index (κ3) is 5.69. The van der Waals surface area contributed by atoms with Crippen molar-refractivity contribution in [3.63, 3.8) is 0 Å². The van der Waals surface area contributed by atoms with Crippen molar-refractivity contribution >= 4 is 17.5 Å². The number of hydrogen-bond donors (Lipinski definition) is 2. The topological polar surface area (TPSA) is 67.4 Å². The first-order valence-electron chi connectivity index (χ1n) is 7.92. The zero-order valence-electron chi connectivity index (χ0n) is 14.2. The average Bonchev–Trinajstić information content (AvgIpc) is 2.61. The molecule has 2 aromatic carbocycles. The molecule has 1 atom stereocenters. The number of aryl methyl sites for hydroxylation is 1. The predicted octanol–water partition coefficient (Wildman–Crippen LogP) is 2.91. The van der Waals surface area contributed by atoms with Gasteiger partial charge in [0.1, 0.15) is 11.9 Å². The summed E-state index contributed by atoms with van der Waals surface area (Å²) in [6.07, 6.45) is 0.321. The summed E-state index contributed by atoms with van der Waals surface area (Å²) in [5.41, 5.74) is 2.01. The number of benzene rings is 2. The van der Waals surface area contributed by atoms with Gasteiger partial charge in [-0.2, -0.15) is 0 Å². The molecule has 2 N–H and O–H groups in total. The molecule has 2 amide bonds. The van der Waals surface area contributed by atoms with E-state index in [9.17, 15) is 14.0 Å². The Bertz CT molecular complexity index is 714. The fourth-order valence-corrected chi connectivity index (χ4v) is 2.21. The largest absolute Gasteiger partial charge is 0.385 e. The van der Waals surface area contributed by atoms with Gasteiger partial charge < -0.3 is 15.4 Å². The molecule has 25 heavy (non-hydrogen) atoms. The maximum absolute atomic E-state index is 13.0. The van der Waals surface area contributed by atoms with Gasteiger partial charge in [0.05, 0.1) is 0 Å². The molecule has 0 saturated heterocycles. The van der Waals surface area contributed by atoms with Crippen molar-refractivity contribution in [2.75, 3.05) is 19.0 Å². The normalized spacial score (nSPS) is 11.6. The van der Waals surface area contributed by atoms with E-state index >= 15 is 0 Å². The molecule has 0 unspecified atom stereocenters. The summed E-state index contributed by atoms with van der Waals surface area (Å²) in [4.78, 5) is 24.8. The highest BCUT2D eigenvalue weighted by atomic mass is 19.1. The Morgan fingerprint density at radius 2 is 1.72 bits per heavy atom. The van der Waals surface area contributed by atoms with Crippen molar-refractivity contribution in [1.29, 1.82) is 0 Å². The highest BCUT2D eigenvalue weighted by Gasteiger charge is 2.21. The molecule has 5 nitrogen and oxygen atoms in total. The standard InChI is InChI=1S/C19H21FN2O3/c1-13-3-9-16(10-4-13)21-19(24)17(11-12-25-2)22-18(23)14-5-7-15(20)8-6-14/h3-10,17H,11-12H2,1-2H3,(H,21,24)(H,22,23)/t17-/m0/s1. The van der Waals surface area contributed by atoms with Crippen LogP contribution in [-0.4, -0.2) is 31.6 Å². The van der Waals surface area contributed by atoms with E-state index in [1.165, 1.54) is 31.4 Å². The highest BCUT2D eigenvalue weighted by Crippen LogP contribution is 2.10. The number of methoxy groups -OCH3 is 1. The molecule has 0 aliphatic heterocycles. The minimum atomic E-state index is -0.765. The zero-order chi connectivity index (χ0) is 18.2. The SMILES string of the molecule is COCC[C@H](NC(=O)c1ccc(F)cc1)C(=O)Nc1ccc(C)cc1. The average molecular weight is 344 g/mol. The van der Waals surface area contributed by atoms with Gasteiger partial charge in [-0.05, 0) is 49.7 Å². The van der Waals surface area contributed by atoms with Crippen LogP contribution in [0.5, 0.6) is 0 Å². The second-order valence-electron chi connectivity index (χ2n) is 5.67. The first-order chi connectivity index (χ1) is 12.0. The zero-order valence-corrected chi connectivity index (χ0v) is 14.2. The van der Waals surface area contributed by atoms with Crippen molar-refractivity contribution in [2.24, 2.45) is 0 Å². The van der Waals surface area contributed by atoms with Crippen LogP contribution >= 0.6 is 0 Å². The second kappa shape index (κ2) is 8.94. The maximum atomic E-state index is 13.0. The van der Waals surface area contributed by atoms with Crippen molar-refractivity contribution in [3.8, 4) is 0 Å². The molecule has 2 aromatic rings. The van der Waals surface area contributed by atoms with Gasteiger partial charge in [-0.15, -0.1) is 0 Å². The van der Waals surface area contributed by atoms with E-state index < -0.39 is 17.8 Å². The van der Waals surface area contributed by atoms with Crippen LogP contribution in [0, 0.1) is 12.7 Å². The fraction of sp³-hybridized carbons (Fsp3) is 0.263. The minimum Gasteiger partial charge on any atom is -0.385 e. The van der Waals surface area contributed by atoms with Gasteiger partial charge in [0.2, 0.25) is 5.91 Å². The van der Waals surface area contributed by atoms with Crippen molar-refractivity contribution in [1.82, 2.24) is 5.32 Å². The van der Waals surface area contributed by atoms with Crippen LogP contribution < -0.4 is 10.6 Å². The molecular formula is C19H21FN2O3. The molecule has 0 aliphatic rings. The first kappa shape index (κ1) is 18.6. The van der Waals surface area contributed by atoms with Gasteiger partial charge in [0.25, 0.3) is 5.91 Å². The summed E-state index contributed by atoms with van der Waals surface area (Å²) in [7, 11) is 1.52. The molecule has 0 fully saturated rings. The lowest BCUT2D eigenvalue weighted by Crippen LogP contribution is -2.44. The fourth-order valence-electron chi connectivity index (χ4n) is 2.21. The Labute approximate surface area is 146 Å². The summed E-state index contributed by atoms with van der Waals surface area (Å²) in [6, 6.07) is 11.7. The number of hydrogen-bond acceptors (Lipinski definition) is 3. The number of anilines is 1. The van der Waals surface area contributed by atoms with Crippen LogP contribution in [0.2, 0.25) is 0 Å². The number of halogens is 1. The Kier molecular flexibility index (Phi) is 6.65. The van der Waals surface area contributed by atoms with Crippen LogP contribution in [-0.2, 0) is 9.53 Å². The van der Waals surface area contributed by atoms with Crippen molar-refractivity contribution < 1.29 is 18.7 Å². The van der Waals surface area contributed by atoms with Gasteiger partial charge >= 0.3 is 0 Å². The van der Waals surface area contributed by atoms with Crippen LogP contribution in [0.4, 0.5) is 10.1 Å². The molecular weight excluding hydrogens is 323 g/mol. The lowest BCUT2D eigenvalue weighted by Gasteiger charge is -2.18. The second-order valence-corrected chi connectivity index (χ2v) is 5.67. The molecule has 2 rings (SSSR count). The van der Waals surface area contributed by atoms with E-state index in [4.69, 9.17) is 4.74 Å². The van der Waals surface area contributed by atoms with E-state index in [0.29, 0.717) is 18.7 Å². The van der Waals surface area contributed by atoms with Gasteiger partial charge in [-0.1, -0.05) is 17.7 Å². The number of amides is 2. The summed E-state index contributed by atoms with van der Waals surface area (Å²) in [6.45, 7) is 2.27. The summed E-state index contributed by atoms with van der Waals surface area (Å²) >= 11 is 0. The molecule has 0 heterocycles. The Morgan fingerprint density at radius 3 is 2.32 bits per heavy atom. The Hall–Kier alpha value is -2.73. The lowest BCUT2D eigenvalue weighted by molar-refractivity contribution is -0.118. The number of nitrogens with one attached hydrogen (secondary N) is 2. The van der Waals surface area contributed by atoms with Gasteiger partial charge in [0.15, 0.2) is 0 Å². The number of carbonyl (C=O) groups excluding carboxylic acids is 2. The minimum absolute atomic E-state index is 0.284. The summed E-state index contributed by atoms with van der Waals surface area (Å²) in [5, 5.41) is 5.44. The van der Waals surface area contributed by atoms with Gasteiger partial charge in [-0.3, -0.25) is 9.59 Å². The molecule has 132 valence electrons. The van der Waals surface area contributed by atoms with Crippen molar-refractivity contribution in [3.05, 3.63) is 65.5 Å². The molecule has 0 spiro atoms. The highest BCUT2D eigenvalue weighted by molar-refractivity contribution is 6.01. The first-order valence-corrected chi connectivity index (χ1v) is 7.92. The molecule has 0 radical (unpaired) electrons. The molecule has 0 bridgehead atoms. The quantitative estimate of drug-likeness (QED) is 0.811. The molecule has 0 aromatic heterocycles. The van der Waals surface area contributed by atoms with Crippen molar-refractivity contribution in [2.45, 2.75) is 19.4 Å². The maximum Gasteiger partial charge on any atom is 0.251 e. The van der Waals surface area contributed by atoms with Gasteiger partial charge in [-0.25, -0.2) is 4.39 Å². The van der Waals surface area contributed by atoms with Crippen LogP contribution in [0.1, 0.15) is 22.3 Å². The number of rotatable bonds is 7. The molecule has 0 aliphatic carbocycles. The van der Waals surface area contributed by atoms with E-state index in [0.717, 1.165) is 5.56 Å². The van der Waals surface area contributed by atoms with E-state index in [-0.39, 0.29) is 11.5 Å². The number of ether oxygens (including phenoxy) is 1. The lowest BCUT2D eigenvalue weighted by atomic mass is 10.1. The van der Waals surface area contributed by atoms with Gasteiger partial charge in [0, 0.05) is 25.0 Å². The summed E-state index contributed by atoms with van der Waals surface area (Å²) in [5.74, 6) is -1.21. The summed E-state index contributed by atoms with van der Waals surface area (Å²) < 4.78 is 18.0. The third-order valence-corrected chi connectivity index (χ3v) is 3.66. The van der Waals surface area contributed by atoms with E-state index in [2.05, 4.69) is 10.6 Å². The molecule has 0 saturated carbocycles.